The number of rotatable bonds is 4. The molecule has 0 saturated heterocycles. The van der Waals surface area contributed by atoms with Gasteiger partial charge >= 0.3 is 0 Å². The molecular weight excluding hydrogens is 342 g/mol. The fourth-order valence-corrected chi connectivity index (χ4v) is 3.19. The number of benzene rings is 1. The second kappa shape index (κ2) is 7.04. The molecule has 0 radical (unpaired) electrons. The number of nitriles is 1. The van der Waals surface area contributed by atoms with Crippen molar-refractivity contribution in [1.82, 2.24) is 19.7 Å². The average molecular weight is 356 g/mol. The highest BCUT2D eigenvalue weighted by molar-refractivity contribution is 8.00. The maximum absolute atomic E-state index is 9.12. The van der Waals surface area contributed by atoms with Gasteiger partial charge in [0, 0.05) is 23.0 Å². The lowest BCUT2D eigenvalue weighted by atomic mass is 10.2. The van der Waals surface area contributed by atoms with Crippen LogP contribution in [0, 0.1) is 18.3 Å². The molecule has 0 spiro atoms. The minimum atomic E-state index is -0.238. The Morgan fingerprint density at radius 3 is 2.67 bits per heavy atom. The summed E-state index contributed by atoms with van der Waals surface area (Å²) in [4.78, 5) is 4.05. The molecule has 1 atom stereocenters. The van der Waals surface area contributed by atoms with Gasteiger partial charge in [-0.05, 0) is 43.7 Å². The van der Waals surface area contributed by atoms with E-state index in [0.717, 1.165) is 16.8 Å². The minimum absolute atomic E-state index is 0.238. The fourth-order valence-electron chi connectivity index (χ4n) is 2.27. The van der Waals surface area contributed by atoms with Crippen molar-refractivity contribution in [2.75, 3.05) is 0 Å². The summed E-state index contributed by atoms with van der Waals surface area (Å²) in [6, 6.07) is 11.7. The highest BCUT2D eigenvalue weighted by Crippen LogP contribution is 2.32. The smallest absolute Gasteiger partial charge is 0.197 e. The van der Waals surface area contributed by atoms with Gasteiger partial charge in [0.15, 0.2) is 11.0 Å². The largest absolute Gasteiger partial charge is 0.270 e. The number of halogens is 1. The predicted octanol–water partition coefficient (Wildman–Crippen LogP) is 4.30. The Labute approximate surface area is 149 Å². The van der Waals surface area contributed by atoms with Crippen LogP contribution in [0.4, 0.5) is 0 Å². The monoisotopic (exact) mass is 355 g/mol. The summed E-state index contributed by atoms with van der Waals surface area (Å²) >= 11 is 7.66. The van der Waals surface area contributed by atoms with E-state index < -0.39 is 0 Å². The first kappa shape index (κ1) is 16.5. The predicted molar refractivity (Wildman–Crippen MR) is 95.3 cm³/mol. The van der Waals surface area contributed by atoms with E-state index >= 15 is 0 Å². The summed E-state index contributed by atoms with van der Waals surface area (Å²) in [7, 11) is 0. The molecule has 0 aliphatic heterocycles. The van der Waals surface area contributed by atoms with Gasteiger partial charge in [-0.1, -0.05) is 29.4 Å². The van der Waals surface area contributed by atoms with Gasteiger partial charge in [0.05, 0.1) is 17.0 Å². The molecule has 120 valence electrons. The van der Waals surface area contributed by atoms with Gasteiger partial charge < -0.3 is 0 Å². The second-order valence-corrected chi connectivity index (χ2v) is 6.87. The van der Waals surface area contributed by atoms with Crippen molar-refractivity contribution in [2.45, 2.75) is 24.3 Å². The fraction of sp³-hybridized carbons (Fsp3) is 0.176. The van der Waals surface area contributed by atoms with Crippen LogP contribution in [0.5, 0.6) is 0 Å². The zero-order valence-electron chi connectivity index (χ0n) is 13.1. The van der Waals surface area contributed by atoms with Crippen molar-refractivity contribution in [3.63, 3.8) is 0 Å². The van der Waals surface area contributed by atoms with E-state index in [1.807, 2.05) is 48.7 Å². The summed E-state index contributed by atoms with van der Waals surface area (Å²) in [5.41, 5.74) is 2.72. The standard InChI is InChI=1S/C17H14ClN5S/c1-11(10-19)24-17-22-21-16(13-6-8-20-9-7-13)23(17)15-5-3-4-14(18)12(15)2/h3-9,11H,1-2H3/t11-/m0/s1. The summed E-state index contributed by atoms with van der Waals surface area (Å²) in [6.45, 7) is 3.79. The molecule has 2 heterocycles. The molecule has 3 rings (SSSR count). The van der Waals surface area contributed by atoms with Gasteiger partial charge in [-0.3, -0.25) is 9.55 Å². The third-order valence-electron chi connectivity index (χ3n) is 3.52. The van der Waals surface area contributed by atoms with Crippen molar-refractivity contribution >= 4 is 23.4 Å². The lowest BCUT2D eigenvalue weighted by Gasteiger charge is -2.14. The number of nitrogens with zero attached hydrogens (tertiary/aromatic N) is 5. The highest BCUT2D eigenvalue weighted by atomic mass is 35.5. The van der Waals surface area contributed by atoms with Crippen LogP contribution in [0.3, 0.4) is 0 Å². The number of aromatic nitrogens is 4. The minimum Gasteiger partial charge on any atom is -0.270 e. The van der Waals surface area contributed by atoms with E-state index in [1.165, 1.54) is 11.8 Å². The Morgan fingerprint density at radius 1 is 1.21 bits per heavy atom. The van der Waals surface area contributed by atoms with Gasteiger partial charge in [-0.2, -0.15) is 5.26 Å². The van der Waals surface area contributed by atoms with Gasteiger partial charge in [-0.15, -0.1) is 10.2 Å². The third-order valence-corrected chi connectivity index (χ3v) is 4.86. The summed E-state index contributed by atoms with van der Waals surface area (Å²) in [5.74, 6) is 0.690. The Bertz CT molecular complexity index is 901. The SMILES string of the molecule is Cc1c(Cl)cccc1-n1c(S[C@@H](C)C#N)nnc1-c1ccncc1. The summed E-state index contributed by atoms with van der Waals surface area (Å²) in [6.07, 6.45) is 3.42. The lowest BCUT2D eigenvalue weighted by Crippen LogP contribution is -2.04. The van der Waals surface area contributed by atoms with Crippen LogP contribution in [0.25, 0.3) is 17.1 Å². The molecule has 0 bridgehead atoms. The molecule has 1 aromatic carbocycles. The Morgan fingerprint density at radius 2 is 1.96 bits per heavy atom. The van der Waals surface area contributed by atoms with Gasteiger partial charge in [0.1, 0.15) is 0 Å². The van der Waals surface area contributed by atoms with E-state index in [4.69, 9.17) is 16.9 Å². The van der Waals surface area contributed by atoms with Crippen LogP contribution in [0.2, 0.25) is 5.02 Å². The molecule has 0 unspecified atom stereocenters. The van der Waals surface area contributed by atoms with Crippen molar-refractivity contribution in [3.8, 4) is 23.1 Å². The van der Waals surface area contributed by atoms with E-state index in [9.17, 15) is 0 Å². The lowest BCUT2D eigenvalue weighted by molar-refractivity contribution is 0.878. The molecule has 24 heavy (non-hydrogen) atoms. The normalized spacial score (nSPS) is 11.9. The van der Waals surface area contributed by atoms with Crippen LogP contribution in [-0.2, 0) is 0 Å². The zero-order valence-corrected chi connectivity index (χ0v) is 14.7. The maximum Gasteiger partial charge on any atom is 0.197 e. The molecule has 3 aromatic rings. The quantitative estimate of drug-likeness (QED) is 0.653. The number of hydrogen-bond acceptors (Lipinski definition) is 5. The van der Waals surface area contributed by atoms with E-state index in [-0.39, 0.29) is 5.25 Å². The van der Waals surface area contributed by atoms with Gasteiger partial charge in [-0.25, -0.2) is 0 Å². The Hall–Kier alpha value is -2.36. The van der Waals surface area contributed by atoms with Crippen LogP contribution < -0.4 is 0 Å². The number of hydrogen-bond donors (Lipinski definition) is 0. The van der Waals surface area contributed by atoms with Crippen LogP contribution in [0.1, 0.15) is 12.5 Å². The highest BCUT2D eigenvalue weighted by Gasteiger charge is 2.19. The molecule has 0 aliphatic rings. The van der Waals surface area contributed by atoms with Crippen molar-refractivity contribution in [1.29, 1.82) is 5.26 Å². The maximum atomic E-state index is 9.12. The molecule has 0 N–H and O–H groups in total. The molecule has 2 aromatic heterocycles. The Kier molecular flexibility index (Phi) is 4.84. The molecular formula is C17H14ClN5S. The summed E-state index contributed by atoms with van der Waals surface area (Å²) < 4.78 is 1.94. The summed E-state index contributed by atoms with van der Waals surface area (Å²) in [5, 5.41) is 18.8. The molecule has 0 saturated carbocycles. The van der Waals surface area contributed by atoms with Crippen LogP contribution >= 0.6 is 23.4 Å². The van der Waals surface area contributed by atoms with E-state index in [0.29, 0.717) is 16.0 Å². The molecule has 5 nitrogen and oxygen atoms in total. The molecule has 7 heteroatoms. The Balaban J connectivity index is 2.22. The van der Waals surface area contributed by atoms with Crippen LogP contribution in [-0.4, -0.2) is 25.0 Å². The second-order valence-electron chi connectivity index (χ2n) is 5.15. The molecule has 0 fully saturated rings. The van der Waals surface area contributed by atoms with Crippen LogP contribution in [0.15, 0.2) is 47.9 Å². The first-order valence-electron chi connectivity index (χ1n) is 7.29. The van der Waals surface area contributed by atoms with Gasteiger partial charge in [0.25, 0.3) is 0 Å². The molecule has 0 amide bonds. The number of pyridine rings is 1. The van der Waals surface area contributed by atoms with E-state index in [1.54, 1.807) is 12.4 Å². The topological polar surface area (TPSA) is 67.4 Å². The van der Waals surface area contributed by atoms with E-state index in [2.05, 4.69) is 21.3 Å². The molecule has 0 aliphatic carbocycles. The van der Waals surface area contributed by atoms with Crippen molar-refractivity contribution in [2.24, 2.45) is 0 Å². The van der Waals surface area contributed by atoms with Crippen molar-refractivity contribution in [3.05, 3.63) is 53.3 Å². The first-order valence-corrected chi connectivity index (χ1v) is 8.55. The first-order chi connectivity index (χ1) is 11.6. The third kappa shape index (κ3) is 3.14. The number of thioether (sulfide) groups is 1. The van der Waals surface area contributed by atoms with Crippen molar-refractivity contribution < 1.29 is 0 Å². The zero-order chi connectivity index (χ0) is 17.1. The average Bonchev–Trinajstić information content (AvgIpc) is 3.01. The van der Waals surface area contributed by atoms with Gasteiger partial charge in [0.2, 0.25) is 0 Å².